The third-order valence-corrected chi connectivity index (χ3v) is 4.79. The summed E-state index contributed by atoms with van der Waals surface area (Å²) in [6.45, 7) is 0. The van der Waals surface area contributed by atoms with Crippen LogP contribution in [0.1, 0.15) is 6.42 Å². The quantitative estimate of drug-likeness (QED) is 0.693. The molecule has 16 heavy (non-hydrogen) atoms. The molecule has 0 aromatic heterocycles. The van der Waals surface area contributed by atoms with E-state index >= 15 is 0 Å². The average Bonchev–Trinajstić information content (AvgIpc) is 2.09. The number of carbonyl (C=O) groups excluding carboxylic acids is 1. The predicted molar refractivity (Wildman–Crippen MR) is 62.5 cm³/mol. The Balaban J connectivity index is 3.19. The van der Waals surface area contributed by atoms with Crippen molar-refractivity contribution < 1.29 is 23.1 Å². The smallest absolute Gasteiger partial charge is 0.380 e. The van der Waals surface area contributed by atoms with Gasteiger partial charge in [-0.05, 0) is 37.9 Å². The van der Waals surface area contributed by atoms with Crippen molar-refractivity contribution >= 4 is 53.6 Å². The lowest BCUT2D eigenvalue weighted by Crippen LogP contribution is -2.36. The monoisotopic (exact) mass is 426 g/mol. The predicted octanol–water partition coefficient (Wildman–Crippen LogP) is 3.53. The summed E-state index contributed by atoms with van der Waals surface area (Å²) in [7, 11) is 0. The largest absolute Gasteiger partial charge is 0.392 e. The first-order valence-electron chi connectivity index (χ1n) is 3.85. The highest BCUT2D eigenvalue weighted by molar-refractivity contribution is 9.14. The van der Waals surface area contributed by atoms with E-state index in [9.17, 15) is 23.1 Å². The molecule has 0 saturated heterocycles. The second-order valence-electron chi connectivity index (χ2n) is 3.17. The molecule has 90 valence electrons. The minimum Gasteiger partial charge on any atom is -0.380 e. The number of allylic oxidation sites excluding steroid dienone is 2. The zero-order valence-corrected chi connectivity index (χ0v) is 12.2. The van der Waals surface area contributed by atoms with E-state index in [0.29, 0.717) is 0 Å². The van der Waals surface area contributed by atoms with Gasteiger partial charge in [-0.2, -0.15) is 13.2 Å². The van der Waals surface area contributed by atoms with Crippen molar-refractivity contribution in [3.05, 3.63) is 19.5 Å². The lowest BCUT2D eigenvalue weighted by atomic mass is 9.93. The Morgan fingerprint density at radius 2 is 1.81 bits per heavy atom. The van der Waals surface area contributed by atoms with Gasteiger partial charge in [-0.15, -0.1) is 0 Å². The van der Waals surface area contributed by atoms with Crippen LogP contribution < -0.4 is 0 Å². The highest BCUT2D eigenvalue weighted by Crippen LogP contribution is 2.43. The zero-order valence-electron chi connectivity index (χ0n) is 7.41. The fraction of sp³-hybridized carbons (Fsp3) is 0.375. The van der Waals surface area contributed by atoms with E-state index in [2.05, 4.69) is 47.8 Å². The Morgan fingerprint density at radius 1 is 1.31 bits per heavy atom. The summed E-state index contributed by atoms with van der Waals surface area (Å²) in [5.74, 6) is -0.529. The maximum absolute atomic E-state index is 12.3. The van der Waals surface area contributed by atoms with Crippen molar-refractivity contribution in [2.45, 2.75) is 18.2 Å². The molecule has 0 amide bonds. The molecule has 0 aliphatic heterocycles. The molecule has 1 rings (SSSR count). The summed E-state index contributed by atoms with van der Waals surface area (Å²) in [6, 6.07) is 0. The summed E-state index contributed by atoms with van der Waals surface area (Å²) in [4.78, 5) is 11.3. The van der Waals surface area contributed by atoms with E-state index in [-0.39, 0.29) is 13.4 Å². The highest BCUT2D eigenvalue weighted by atomic mass is 79.9. The van der Waals surface area contributed by atoms with Gasteiger partial charge >= 0.3 is 6.18 Å². The van der Waals surface area contributed by atoms with Gasteiger partial charge in [0.1, 0.15) is 5.60 Å². The van der Waals surface area contributed by atoms with E-state index in [1.54, 1.807) is 0 Å². The number of alkyl halides is 3. The Hall–Kier alpha value is 0.340. The fourth-order valence-corrected chi connectivity index (χ4v) is 3.00. The molecule has 8 heteroatoms. The van der Waals surface area contributed by atoms with Crippen LogP contribution in [0.25, 0.3) is 0 Å². The van der Waals surface area contributed by atoms with E-state index in [1.807, 2.05) is 0 Å². The summed E-state index contributed by atoms with van der Waals surface area (Å²) < 4.78 is 36.3. The van der Waals surface area contributed by atoms with Gasteiger partial charge in [0.05, 0.1) is 15.4 Å². The maximum Gasteiger partial charge on any atom is 0.392 e. The molecule has 0 aromatic rings. The SMILES string of the molecule is O=C1C(Br)=CC(O)(CC(F)(F)F)C(Br)=C1Br. The lowest BCUT2D eigenvalue weighted by Gasteiger charge is -2.29. The topological polar surface area (TPSA) is 37.3 Å². The van der Waals surface area contributed by atoms with Gasteiger partial charge in [-0.3, -0.25) is 4.79 Å². The average molecular weight is 429 g/mol. The number of ketones is 1. The number of hydrogen-bond donors (Lipinski definition) is 1. The fourth-order valence-electron chi connectivity index (χ4n) is 1.17. The van der Waals surface area contributed by atoms with Crippen molar-refractivity contribution in [1.29, 1.82) is 0 Å². The minimum absolute atomic E-state index is 0.116. The van der Waals surface area contributed by atoms with E-state index in [1.165, 1.54) is 0 Å². The molecular weight excluding hydrogens is 425 g/mol. The van der Waals surface area contributed by atoms with Crippen molar-refractivity contribution in [2.24, 2.45) is 0 Å². The van der Waals surface area contributed by atoms with E-state index in [0.717, 1.165) is 6.08 Å². The van der Waals surface area contributed by atoms with Crippen LogP contribution in [0, 0.1) is 0 Å². The number of Topliss-reactive ketones (excluding diaryl/α,β-unsaturated/α-hetero) is 1. The molecule has 1 aliphatic rings. The van der Waals surface area contributed by atoms with Crippen LogP contribution in [0.2, 0.25) is 0 Å². The number of halogens is 6. The van der Waals surface area contributed by atoms with Crippen LogP contribution in [-0.4, -0.2) is 22.7 Å². The highest BCUT2D eigenvalue weighted by Gasteiger charge is 2.45. The Kier molecular flexibility index (Phi) is 4.09. The molecule has 0 bridgehead atoms. The first kappa shape index (κ1) is 14.4. The molecule has 0 aromatic carbocycles. The van der Waals surface area contributed by atoms with Crippen LogP contribution in [-0.2, 0) is 4.79 Å². The summed E-state index contributed by atoms with van der Waals surface area (Å²) in [5.41, 5.74) is -2.26. The van der Waals surface area contributed by atoms with Gasteiger partial charge in [-0.1, -0.05) is 15.9 Å². The number of carbonyl (C=O) groups is 1. The van der Waals surface area contributed by atoms with E-state index in [4.69, 9.17) is 0 Å². The zero-order chi connectivity index (χ0) is 12.7. The lowest BCUT2D eigenvalue weighted by molar-refractivity contribution is -0.159. The molecule has 0 spiro atoms. The normalized spacial score (nSPS) is 27.2. The molecule has 0 heterocycles. The molecule has 2 nitrogen and oxygen atoms in total. The van der Waals surface area contributed by atoms with Crippen LogP contribution in [0.3, 0.4) is 0 Å². The maximum atomic E-state index is 12.3. The second-order valence-corrected chi connectivity index (χ2v) is 5.61. The first-order valence-corrected chi connectivity index (χ1v) is 6.23. The summed E-state index contributed by atoms with van der Waals surface area (Å²) in [5, 5.41) is 9.82. The number of hydrogen-bond acceptors (Lipinski definition) is 2. The third-order valence-electron chi connectivity index (χ3n) is 1.82. The van der Waals surface area contributed by atoms with E-state index < -0.39 is 24.0 Å². The molecule has 1 N–H and O–H groups in total. The van der Waals surface area contributed by atoms with Gasteiger partial charge in [0.15, 0.2) is 0 Å². The van der Waals surface area contributed by atoms with Crippen molar-refractivity contribution in [3.63, 3.8) is 0 Å². The third kappa shape index (κ3) is 2.96. The standard InChI is InChI=1S/C8H4Br3F3O2/c9-3-1-7(16,2-8(12,13)14)6(11)4(10)5(3)15/h1,16H,2H2. The van der Waals surface area contributed by atoms with Crippen LogP contribution in [0.4, 0.5) is 13.2 Å². The molecule has 0 saturated carbocycles. The van der Waals surface area contributed by atoms with Crippen LogP contribution in [0.15, 0.2) is 19.5 Å². The van der Waals surface area contributed by atoms with Crippen LogP contribution in [0.5, 0.6) is 0 Å². The Morgan fingerprint density at radius 3 is 2.25 bits per heavy atom. The number of aliphatic hydroxyl groups is 1. The second kappa shape index (κ2) is 4.55. The Bertz CT molecular complexity index is 400. The van der Waals surface area contributed by atoms with Crippen molar-refractivity contribution in [2.75, 3.05) is 0 Å². The van der Waals surface area contributed by atoms with Gasteiger partial charge in [0.2, 0.25) is 5.78 Å². The van der Waals surface area contributed by atoms with Crippen molar-refractivity contribution in [1.82, 2.24) is 0 Å². The first-order chi connectivity index (χ1) is 7.07. The molecule has 0 radical (unpaired) electrons. The molecule has 1 atom stereocenters. The summed E-state index contributed by atoms with van der Waals surface area (Å²) in [6.07, 6.45) is -5.19. The Labute approximate surface area is 114 Å². The van der Waals surface area contributed by atoms with Gasteiger partial charge in [0, 0.05) is 4.48 Å². The molecule has 1 aliphatic carbocycles. The molecule has 1 unspecified atom stereocenters. The molecule has 0 fully saturated rings. The summed E-state index contributed by atoms with van der Waals surface area (Å²) >= 11 is 8.42. The van der Waals surface area contributed by atoms with Crippen LogP contribution >= 0.6 is 47.8 Å². The number of rotatable bonds is 1. The van der Waals surface area contributed by atoms with Gasteiger partial charge in [-0.25, -0.2) is 0 Å². The molecular formula is C8H4Br3F3O2. The van der Waals surface area contributed by atoms with Crippen molar-refractivity contribution in [3.8, 4) is 0 Å². The minimum atomic E-state index is -4.55. The van der Waals surface area contributed by atoms with Gasteiger partial charge in [0.25, 0.3) is 0 Å². The van der Waals surface area contributed by atoms with Gasteiger partial charge < -0.3 is 5.11 Å².